The summed E-state index contributed by atoms with van der Waals surface area (Å²) in [6.07, 6.45) is 0.764. The van der Waals surface area contributed by atoms with Crippen LogP contribution in [-0.4, -0.2) is 13.2 Å². The first-order valence-corrected chi connectivity index (χ1v) is 7.11. The Morgan fingerprint density at radius 1 is 1.05 bits per heavy atom. The molecule has 0 aliphatic rings. The Kier molecular flexibility index (Phi) is 6.08. The number of halogens is 1. The van der Waals surface area contributed by atoms with Crippen LogP contribution in [0.2, 0.25) is 5.02 Å². The van der Waals surface area contributed by atoms with Crippen molar-refractivity contribution >= 4 is 11.6 Å². The maximum absolute atomic E-state index is 8.94. The van der Waals surface area contributed by atoms with Gasteiger partial charge in [0.25, 0.3) is 0 Å². The Hall–Kier alpha value is -2.02. The lowest BCUT2D eigenvalue weighted by Crippen LogP contribution is -2.04. The molecular weight excluding hydrogens is 286 g/mol. The lowest BCUT2D eigenvalue weighted by atomic mass is 10.2. The third-order valence-corrected chi connectivity index (χ3v) is 3.09. The Morgan fingerprint density at radius 3 is 2.71 bits per heavy atom. The molecule has 4 heteroatoms. The highest BCUT2D eigenvalue weighted by atomic mass is 35.5. The molecule has 2 rings (SSSR count). The van der Waals surface area contributed by atoms with E-state index in [-0.39, 0.29) is 0 Å². The van der Waals surface area contributed by atoms with Crippen molar-refractivity contribution in [2.24, 2.45) is 0 Å². The fourth-order valence-corrected chi connectivity index (χ4v) is 2.06. The van der Waals surface area contributed by atoms with Crippen molar-refractivity contribution in [1.82, 2.24) is 0 Å². The summed E-state index contributed by atoms with van der Waals surface area (Å²) in [6, 6.07) is 16.9. The number of para-hydroxylation sites is 1. The second-order valence-corrected chi connectivity index (χ2v) is 4.93. The summed E-state index contributed by atoms with van der Waals surface area (Å²) in [7, 11) is 0. The number of hydrogen-bond acceptors (Lipinski definition) is 3. The van der Waals surface area contributed by atoms with Gasteiger partial charge in [0, 0.05) is 11.4 Å². The van der Waals surface area contributed by atoms with E-state index in [4.69, 9.17) is 26.3 Å². The van der Waals surface area contributed by atoms with Gasteiger partial charge in [0.1, 0.15) is 11.8 Å². The summed E-state index contributed by atoms with van der Waals surface area (Å²) in [4.78, 5) is 0. The van der Waals surface area contributed by atoms with Crippen molar-refractivity contribution in [3.8, 4) is 11.8 Å². The van der Waals surface area contributed by atoms with Crippen LogP contribution >= 0.6 is 11.6 Å². The Morgan fingerprint density at radius 2 is 1.90 bits per heavy atom. The van der Waals surface area contributed by atoms with Gasteiger partial charge in [-0.25, -0.2) is 0 Å². The van der Waals surface area contributed by atoms with Gasteiger partial charge in [0.2, 0.25) is 0 Å². The van der Waals surface area contributed by atoms with Crippen LogP contribution < -0.4 is 4.74 Å². The summed E-state index contributed by atoms with van der Waals surface area (Å²) in [5.41, 5.74) is 1.61. The molecule has 0 heterocycles. The number of ether oxygens (including phenoxy) is 2. The molecule has 0 unspecified atom stereocenters. The summed E-state index contributed by atoms with van der Waals surface area (Å²) in [6.45, 7) is 1.66. The summed E-state index contributed by atoms with van der Waals surface area (Å²) < 4.78 is 11.1. The molecule has 0 fully saturated rings. The van der Waals surface area contributed by atoms with Gasteiger partial charge in [0.05, 0.1) is 25.4 Å². The zero-order chi connectivity index (χ0) is 14.9. The van der Waals surface area contributed by atoms with Gasteiger partial charge in [-0.3, -0.25) is 0 Å². The molecule has 0 spiro atoms. The van der Waals surface area contributed by atoms with E-state index in [1.807, 2.05) is 36.4 Å². The van der Waals surface area contributed by atoms with Gasteiger partial charge >= 0.3 is 0 Å². The number of nitriles is 1. The van der Waals surface area contributed by atoms with Gasteiger partial charge in [-0.05, 0) is 29.8 Å². The molecule has 0 aliphatic heterocycles. The zero-order valence-electron chi connectivity index (χ0n) is 11.6. The van der Waals surface area contributed by atoms with E-state index in [0.717, 1.165) is 12.0 Å². The average Bonchev–Trinajstić information content (AvgIpc) is 2.51. The van der Waals surface area contributed by atoms with Crippen molar-refractivity contribution < 1.29 is 9.47 Å². The largest absolute Gasteiger partial charge is 0.492 e. The number of nitrogens with zero attached hydrogens (tertiary/aromatic N) is 1. The average molecular weight is 302 g/mol. The van der Waals surface area contributed by atoms with Gasteiger partial charge in [-0.15, -0.1) is 0 Å². The lowest BCUT2D eigenvalue weighted by Gasteiger charge is -2.08. The van der Waals surface area contributed by atoms with Crippen LogP contribution in [0.3, 0.4) is 0 Å². The predicted octanol–water partition coefficient (Wildman–Crippen LogP) is 4.20. The molecule has 0 aromatic heterocycles. The van der Waals surface area contributed by atoms with Crippen LogP contribution in [0.4, 0.5) is 0 Å². The number of hydrogen-bond donors (Lipinski definition) is 0. The molecule has 0 saturated carbocycles. The Bertz CT molecular complexity index is 622. The van der Waals surface area contributed by atoms with Gasteiger partial charge in [0.15, 0.2) is 0 Å². The smallest absolute Gasteiger partial charge is 0.137 e. The van der Waals surface area contributed by atoms with E-state index in [0.29, 0.717) is 36.2 Å². The molecule has 0 radical (unpaired) electrons. The zero-order valence-corrected chi connectivity index (χ0v) is 12.3. The topological polar surface area (TPSA) is 42.2 Å². The third-order valence-electron chi connectivity index (χ3n) is 2.86. The molecule has 0 saturated heterocycles. The fraction of sp³-hybridized carbons (Fsp3) is 0.235. The van der Waals surface area contributed by atoms with Crippen LogP contribution in [0.5, 0.6) is 5.75 Å². The first-order valence-electron chi connectivity index (χ1n) is 6.74. The van der Waals surface area contributed by atoms with Crippen LogP contribution in [-0.2, 0) is 11.3 Å². The minimum Gasteiger partial charge on any atom is -0.492 e. The summed E-state index contributed by atoms with van der Waals surface area (Å²) >= 11 is 5.90. The van der Waals surface area contributed by atoms with E-state index < -0.39 is 0 Å². The molecule has 0 N–H and O–H groups in total. The van der Waals surface area contributed by atoms with Crippen LogP contribution in [0.15, 0.2) is 48.5 Å². The second kappa shape index (κ2) is 8.31. The van der Waals surface area contributed by atoms with Gasteiger partial charge in [-0.1, -0.05) is 35.9 Å². The molecule has 0 atom stereocenters. The Labute approximate surface area is 129 Å². The molecule has 3 nitrogen and oxygen atoms in total. The van der Waals surface area contributed by atoms with Crippen LogP contribution in [0.1, 0.15) is 17.5 Å². The maximum Gasteiger partial charge on any atom is 0.137 e. The highest BCUT2D eigenvalue weighted by molar-refractivity contribution is 6.30. The minimum absolute atomic E-state index is 0.522. The molecule has 2 aromatic carbocycles. The van der Waals surface area contributed by atoms with E-state index in [1.54, 1.807) is 12.1 Å². The molecular formula is C17H16ClNO2. The van der Waals surface area contributed by atoms with Crippen molar-refractivity contribution in [3.63, 3.8) is 0 Å². The maximum atomic E-state index is 8.94. The third kappa shape index (κ3) is 5.11. The number of benzene rings is 2. The van der Waals surface area contributed by atoms with E-state index >= 15 is 0 Å². The van der Waals surface area contributed by atoms with Gasteiger partial charge in [-0.2, -0.15) is 5.26 Å². The number of rotatable bonds is 7. The SMILES string of the molecule is N#Cc1ccccc1OCCCOCc1cccc(Cl)c1. The predicted molar refractivity (Wildman–Crippen MR) is 82.4 cm³/mol. The quantitative estimate of drug-likeness (QED) is 0.720. The molecule has 0 bridgehead atoms. The standard InChI is InChI=1S/C17H16ClNO2/c18-16-7-3-5-14(11-16)13-20-9-4-10-21-17-8-2-1-6-15(17)12-19/h1-3,5-8,11H,4,9-10,13H2. The molecule has 0 aliphatic carbocycles. The van der Waals surface area contributed by atoms with Gasteiger partial charge < -0.3 is 9.47 Å². The minimum atomic E-state index is 0.522. The Balaban J connectivity index is 1.65. The van der Waals surface area contributed by atoms with Crippen LogP contribution in [0.25, 0.3) is 0 Å². The van der Waals surface area contributed by atoms with E-state index in [2.05, 4.69) is 6.07 Å². The van der Waals surface area contributed by atoms with Crippen molar-refractivity contribution in [3.05, 3.63) is 64.7 Å². The van der Waals surface area contributed by atoms with Crippen molar-refractivity contribution in [1.29, 1.82) is 5.26 Å². The lowest BCUT2D eigenvalue weighted by molar-refractivity contribution is 0.107. The highest BCUT2D eigenvalue weighted by Crippen LogP contribution is 2.16. The normalized spacial score (nSPS) is 10.1. The van der Waals surface area contributed by atoms with Crippen LogP contribution in [0, 0.1) is 11.3 Å². The summed E-state index contributed by atoms with van der Waals surface area (Å²) in [5, 5.41) is 9.66. The van der Waals surface area contributed by atoms with Crippen molar-refractivity contribution in [2.75, 3.05) is 13.2 Å². The highest BCUT2D eigenvalue weighted by Gasteiger charge is 2.01. The van der Waals surface area contributed by atoms with Crippen molar-refractivity contribution in [2.45, 2.75) is 13.0 Å². The molecule has 21 heavy (non-hydrogen) atoms. The summed E-state index contributed by atoms with van der Waals surface area (Å²) in [5.74, 6) is 0.620. The van der Waals surface area contributed by atoms with E-state index in [1.165, 1.54) is 0 Å². The second-order valence-electron chi connectivity index (χ2n) is 4.49. The monoisotopic (exact) mass is 301 g/mol. The molecule has 2 aromatic rings. The molecule has 108 valence electrons. The molecule has 0 amide bonds. The first kappa shape index (κ1) is 15.4. The first-order chi connectivity index (χ1) is 10.3. The fourth-order valence-electron chi connectivity index (χ4n) is 1.84. The van der Waals surface area contributed by atoms with E-state index in [9.17, 15) is 0 Å².